The number of hydrogen-bond donors (Lipinski definition) is 1. The summed E-state index contributed by atoms with van der Waals surface area (Å²) in [5, 5.41) is 6.15. The lowest BCUT2D eigenvalue weighted by molar-refractivity contribution is 0.0523. The van der Waals surface area contributed by atoms with Crippen LogP contribution in [0.4, 0.5) is 4.79 Å². The first-order valence-electron chi connectivity index (χ1n) is 5.96. The number of nitrogens with one attached hydrogen (secondary N) is 1. The average Bonchev–Trinajstić information content (AvgIpc) is 2.33. The van der Waals surface area contributed by atoms with Crippen molar-refractivity contribution in [1.29, 1.82) is 0 Å². The van der Waals surface area contributed by atoms with Gasteiger partial charge in [-0.25, -0.2) is 4.79 Å². The number of hydrogen-bond acceptors (Lipinski definition) is 3. The lowest BCUT2D eigenvalue weighted by Crippen LogP contribution is -2.32. The van der Waals surface area contributed by atoms with Gasteiger partial charge < -0.3 is 10.1 Å². The second-order valence-corrected chi connectivity index (χ2v) is 5.06. The first-order chi connectivity index (χ1) is 8.90. The van der Waals surface area contributed by atoms with Crippen LogP contribution in [0.5, 0.6) is 0 Å². The van der Waals surface area contributed by atoms with Gasteiger partial charge in [0.1, 0.15) is 5.60 Å². The smallest absolute Gasteiger partial charge is 0.407 e. The van der Waals surface area contributed by atoms with Gasteiger partial charge in [-0.3, -0.25) is 0 Å². The van der Waals surface area contributed by atoms with Crippen LogP contribution in [0, 0.1) is 0 Å². The molecule has 0 aromatic heterocycles. The summed E-state index contributed by atoms with van der Waals surface area (Å²) in [5.74, 6) is 0. The zero-order valence-corrected chi connectivity index (χ0v) is 11.4. The standard InChI is InChI=1S/C13H18N4O2/c1-13(2,3)19-12(18)15-8-10-4-6-11(7-5-10)9-16-17-14/h4-7H,8-9H2,1-3H3,(H,15,18). The molecule has 0 heterocycles. The van der Waals surface area contributed by atoms with Gasteiger partial charge >= 0.3 is 6.09 Å². The number of alkyl carbamates (subject to hydrolysis) is 1. The van der Waals surface area contributed by atoms with Crippen LogP contribution in [0.25, 0.3) is 10.4 Å². The lowest BCUT2D eigenvalue weighted by Gasteiger charge is -2.19. The minimum absolute atomic E-state index is 0.330. The van der Waals surface area contributed by atoms with Crippen molar-refractivity contribution in [3.8, 4) is 0 Å². The van der Waals surface area contributed by atoms with Crippen molar-refractivity contribution in [3.63, 3.8) is 0 Å². The highest BCUT2D eigenvalue weighted by Gasteiger charge is 2.15. The molecule has 6 nitrogen and oxygen atoms in total. The molecule has 1 rings (SSSR count). The van der Waals surface area contributed by atoms with Crippen LogP contribution < -0.4 is 5.32 Å². The van der Waals surface area contributed by atoms with Crippen molar-refractivity contribution in [3.05, 3.63) is 45.8 Å². The molecule has 1 aromatic carbocycles. The molecule has 19 heavy (non-hydrogen) atoms. The molecule has 0 aliphatic heterocycles. The van der Waals surface area contributed by atoms with E-state index in [0.29, 0.717) is 13.1 Å². The Morgan fingerprint density at radius 3 is 2.42 bits per heavy atom. The Kier molecular flexibility index (Phi) is 5.21. The number of ether oxygens (including phenoxy) is 1. The number of rotatable bonds is 4. The maximum absolute atomic E-state index is 11.5. The molecule has 1 amide bonds. The van der Waals surface area contributed by atoms with E-state index in [4.69, 9.17) is 10.3 Å². The largest absolute Gasteiger partial charge is 0.444 e. The van der Waals surface area contributed by atoms with Crippen molar-refractivity contribution in [1.82, 2.24) is 5.32 Å². The Morgan fingerprint density at radius 1 is 1.32 bits per heavy atom. The molecule has 0 aliphatic rings. The minimum Gasteiger partial charge on any atom is -0.444 e. The van der Waals surface area contributed by atoms with E-state index in [1.54, 1.807) is 0 Å². The van der Waals surface area contributed by atoms with E-state index in [9.17, 15) is 4.79 Å². The van der Waals surface area contributed by atoms with E-state index in [1.807, 2.05) is 45.0 Å². The van der Waals surface area contributed by atoms with Crippen LogP contribution in [-0.4, -0.2) is 11.7 Å². The van der Waals surface area contributed by atoms with Crippen molar-refractivity contribution in [2.45, 2.75) is 39.5 Å². The van der Waals surface area contributed by atoms with E-state index >= 15 is 0 Å². The molecule has 0 unspecified atom stereocenters. The summed E-state index contributed by atoms with van der Waals surface area (Å²) in [6, 6.07) is 7.47. The van der Waals surface area contributed by atoms with Gasteiger partial charge in [0.05, 0.1) is 6.54 Å². The maximum Gasteiger partial charge on any atom is 0.407 e. The molecule has 0 radical (unpaired) electrons. The highest BCUT2D eigenvalue weighted by Crippen LogP contribution is 2.08. The number of benzene rings is 1. The van der Waals surface area contributed by atoms with E-state index < -0.39 is 11.7 Å². The first kappa shape index (κ1) is 14.9. The fraction of sp³-hybridized carbons (Fsp3) is 0.462. The van der Waals surface area contributed by atoms with Crippen LogP contribution in [0.15, 0.2) is 29.4 Å². The Labute approximate surface area is 112 Å². The molecule has 0 fully saturated rings. The number of azide groups is 1. The van der Waals surface area contributed by atoms with E-state index in [-0.39, 0.29) is 0 Å². The molecule has 0 aliphatic carbocycles. The topological polar surface area (TPSA) is 87.1 Å². The van der Waals surface area contributed by atoms with Crippen LogP contribution >= 0.6 is 0 Å². The number of carbonyl (C=O) groups is 1. The van der Waals surface area contributed by atoms with Gasteiger partial charge in [0.2, 0.25) is 0 Å². The molecule has 102 valence electrons. The summed E-state index contributed by atoms with van der Waals surface area (Å²) in [5.41, 5.74) is 9.60. The molecule has 0 spiro atoms. The second kappa shape index (κ2) is 6.66. The van der Waals surface area contributed by atoms with Crippen molar-refractivity contribution in [2.24, 2.45) is 5.11 Å². The van der Waals surface area contributed by atoms with Crippen LogP contribution in [0.3, 0.4) is 0 Å². The Morgan fingerprint density at radius 2 is 1.89 bits per heavy atom. The Bertz CT molecular complexity index is 470. The van der Waals surface area contributed by atoms with Crippen LogP contribution in [0.2, 0.25) is 0 Å². The van der Waals surface area contributed by atoms with Gasteiger partial charge in [-0.1, -0.05) is 29.4 Å². The van der Waals surface area contributed by atoms with Gasteiger partial charge in [-0.05, 0) is 37.4 Å². The van der Waals surface area contributed by atoms with Gasteiger partial charge in [-0.15, -0.1) is 0 Å². The monoisotopic (exact) mass is 262 g/mol. The molecule has 6 heteroatoms. The maximum atomic E-state index is 11.5. The van der Waals surface area contributed by atoms with E-state index in [2.05, 4.69) is 15.3 Å². The highest BCUT2D eigenvalue weighted by molar-refractivity contribution is 5.67. The molecule has 1 aromatic rings. The summed E-state index contributed by atoms with van der Waals surface area (Å²) in [7, 11) is 0. The minimum atomic E-state index is -0.497. The number of carbonyl (C=O) groups excluding carboxylic acids is 1. The third-order valence-corrected chi connectivity index (χ3v) is 2.18. The van der Waals surface area contributed by atoms with Gasteiger partial charge in [0.25, 0.3) is 0 Å². The summed E-state index contributed by atoms with van der Waals surface area (Å²) >= 11 is 0. The first-order valence-corrected chi connectivity index (χ1v) is 5.96. The summed E-state index contributed by atoms with van der Waals surface area (Å²) in [6.45, 7) is 6.18. The normalized spacial score (nSPS) is 10.5. The Balaban J connectivity index is 2.45. The zero-order chi connectivity index (χ0) is 14.3. The number of amides is 1. The van der Waals surface area contributed by atoms with Gasteiger partial charge in [0.15, 0.2) is 0 Å². The SMILES string of the molecule is CC(C)(C)OC(=O)NCc1ccc(CN=[N+]=[N-])cc1. The fourth-order valence-electron chi connectivity index (χ4n) is 1.36. The predicted molar refractivity (Wildman–Crippen MR) is 72.4 cm³/mol. The third-order valence-electron chi connectivity index (χ3n) is 2.18. The Hall–Kier alpha value is -2.20. The molecule has 0 saturated heterocycles. The third kappa shape index (κ3) is 6.33. The van der Waals surface area contributed by atoms with Crippen molar-refractivity contribution >= 4 is 6.09 Å². The predicted octanol–water partition coefficient (Wildman–Crippen LogP) is 3.52. The van der Waals surface area contributed by atoms with Crippen molar-refractivity contribution < 1.29 is 9.53 Å². The van der Waals surface area contributed by atoms with E-state index in [0.717, 1.165) is 11.1 Å². The molecular formula is C13H18N4O2. The average molecular weight is 262 g/mol. The van der Waals surface area contributed by atoms with Crippen molar-refractivity contribution in [2.75, 3.05) is 0 Å². The summed E-state index contributed by atoms with van der Waals surface area (Å²) in [4.78, 5) is 14.2. The van der Waals surface area contributed by atoms with E-state index in [1.165, 1.54) is 0 Å². The molecule has 0 bridgehead atoms. The molecular weight excluding hydrogens is 244 g/mol. The summed E-state index contributed by atoms with van der Waals surface area (Å²) in [6.07, 6.45) is -0.439. The van der Waals surface area contributed by atoms with Crippen LogP contribution in [-0.2, 0) is 17.8 Å². The molecule has 0 atom stereocenters. The summed E-state index contributed by atoms with van der Waals surface area (Å²) < 4.78 is 5.13. The lowest BCUT2D eigenvalue weighted by atomic mass is 10.1. The number of nitrogens with zero attached hydrogens (tertiary/aromatic N) is 3. The quantitative estimate of drug-likeness (QED) is 0.511. The van der Waals surface area contributed by atoms with Gasteiger partial charge in [0, 0.05) is 11.5 Å². The fourth-order valence-corrected chi connectivity index (χ4v) is 1.36. The zero-order valence-electron chi connectivity index (χ0n) is 11.4. The molecule has 0 saturated carbocycles. The van der Waals surface area contributed by atoms with Gasteiger partial charge in [-0.2, -0.15) is 0 Å². The second-order valence-electron chi connectivity index (χ2n) is 5.06. The van der Waals surface area contributed by atoms with Crippen LogP contribution in [0.1, 0.15) is 31.9 Å². The highest BCUT2D eigenvalue weighted by atomic mass is 16.6. The molecule has 1 N–H and O–H groups in total.